The maximum atomic E-state index is 5.17. The molecular weight excluding hydrogens is 505 g/mol. The highest BCUT2D eigenvalue weighted by Gasteiger charge is 2.23. The van der Waals surface area contributed by atoms with Crippen LogP contribution >= 0.6 is 24.0 Å². The Morgan fingerprint density at radius 3 is 2.55 bits per heavy atom. The van der Waals surface area contributed by atoms with Crippen LogP contribution < -0.4 is 10.6 Å². The van der Waals surface area contributed by atoms with Gasteiger partial charge >= 0.3 is 0 Å². The highest BCUT2D eigenvalue weighted by molar-refractivity contribution is 14.0. The Morgan fingerprint density at radius 1 is 1.16 bits per heavy atom. The molecule has 2 N–H and O–H groups in total. The van der Waals surface area contributed by atoms with Gasteiger partial charge in [-0.3, -0.25) is 4.90 Å². The van der Waals surface area contributed by atoms with E-state index in [-0.39, 0.29) is 24.0 Å². The van der Waals surface area contributed by atoms with Gasteiger partial charge in [0.2, 0.25) is 0 Å². The molecule has 9 heteroatoms. The summed E-state index contributed by atoms with van der Waals surface area (Å²) in [6.07, 6.45) is 3.46. The molecule has 1 aliphatic heterocycles. The van der Waals surface area contributed by atoms with Crippen LogP contribution in [0.3, 0.4) is 0 Å². The molecule has 3 rings (SSSR count). The molecule has 0 spiro atoms. The normalized spacial score (nSPS) is 15.5. The molecule has 1 unspecified atom stereocenters. The van der Waals surface area contributed by atoms with Gasteiger partial charge in [-0.2, -0.15) is 0 Å². The fraction of sp³-hybridized carbons (Fsp3) is 0.591. The molecular formula is C22H36IN7O. The predicted octanol–water partition coefficient (Wildman–Crippen LogP) is 2.65. The Balaban J connectivity index is 0.00000341. The van der Waals surface area contributed by atoms with E-state index in [4.69, 9.17) is 9.73 Å². The number of nitrogens with zero attached hydrogens (tertiary/aromatic N) is 5. The fourth-order valence-corrected chi connectivity index (χ4v) is 3.72. The zero-order chi connectivity index (χ0) is 21.2. The van der Waals surface area contributed by atoms with E-state index >= 15 is 0 Å². The summed E-state index contributed by atoms with van der Waals surface area (Å²) in [6.45, 7) is 7.05. The minimum absolute atomic E-state index is 0. The lowest BCUT2D eigenvalue weighted by Crippen LogP contribution is -2.43. The van der Waals surface area contributed by atoms with Gasteiger partial charge in [0.1, 0.15) is 12.4 Å². The summed E-state index contributed by atoms with van der Waals surface area (Å²) in [6, 6.07) is 11.1. The summed E-state index contributed by atoms with van der Waals surface area (Å²) >= 11 is 0. The van der Waals surface area contributed by atoms with Crippen molar-refractivity contribution in [2.45, 2.75) is 38.8 Å². The maximum absolute atomic E-state index is 5.17. The van der Waals surface area contributed by atoms with Gasteiger partial charge in [-0.15, -0.1) is 34.2 Å². The minimum Gasteiger partial charge on any atom is -0.385 e. The number of aromatic nitrogens is 3. The molecule has 1 atom stereocenters. The molecule has 0 aliphatic carbocycles. The molecule has 172 valence electrons. The van der Waals surface area contributed by atoms with Gasteiger partial charge in [-0.05, 0) is 44.8 Å². The number of hydrogen-bond acceptors (Lipinski definition) is 5. The van der Waals surface area contributed by atoms with E-state index in [1.165, 1.54) is 18.4 Å². The van der Waals surface area contributed by atoms with Crippen molar-refractivity contribution in [3.8, 4) is 0 Å². The monoisotopic (exact) mass is 541 g/mol. The Hall–Kier alpha value is -1.72. The van der Waals surface area contributed by atoms with Crippen LogP contribution in [0.4, 0.5) is 0 Å². The molecule has 1 fully saturated rings. The predicted molar refractivity (Wildman–Crippen MR) is 135 cm³/mol. The molecule has 1 saturated heterocycles. The van der Waals surface area contributed by atoms with Crippen molar-refractivity contribution in [2.75, 3.05) is 39.9 Å². The third-order valence-electron chi connectivity index (χ3n) is 5.61. The summed E-state index contributed by atoms with van der Waals surface area (Å²) in [5.74, 6) is 2.54. The average molecular weight is 541 g/mol. The van der Waals surface area contributed by atoms with Gasteiger partial charge < -0.3 is 19.9 Å². The van der Waals surface area contributed by atoms with Crippen LogP contribution in [-0.2, 0) is 18.3 Å². The number of halogens is 1. The molecule has 1 aliphatic rings. The van der Waals surface area contributed by atoms with Crippen LogP contribution in [0.25, 0.3) is 0 Å². The van der Waals surface area contributed by atoms with E-state index in [2.05, 4.69) is 56.1 Å². The standard InChI is InChI=1S/C22H35N7O.HI/c1-18-26-27-21(28(18)2)17-25-22(23-12-9-15-30-3)24-16-20(29-13-7-8-14-29)19-10-5-4-6-11-19;/h4-6,10-11,20H,7-9,12-17H2,1-3H3,(H2,23,24,25);1H. The molecule has 8 nitrogen and oxygen atoms in total. The second kappa shape index (κ2) is 13.6. The number of nitrogens with one attached hydrogen (secondary N) is 2. The van der Waals surface area contributed by atoms with Crippen LogP contribution in [0.2, 0.25) is 0 Å². The molecule has 31 heavy (non-hydrogen) atoms. The zero-order valence-corrected chi connectivity index (χ0v) is 21.2. The number of likely N-dealkylation sites (tertiary alicyclic amines) is 1. The van der Waals surface area contributed by atoms with Crippen LogP contribution in [0.1, 0.15) is 42.5 Å². The van der Waals surface area contributed by atoms with Crippen molar-refractivity contribution < 1.29 is 4.74 Å². The second-order valence-corrected chi connectivity index (χ2v) is 7.71. The van der Waals surface area contributed by atoms with E-state index in [1.807, 2.05) is 18.5 Å². The van der Waals surface area contributed by atoms with Crippen molar-refractivity contribution in [1.82, 2.24) is 30.3 Å². The van der Waals surface area contributed by atoms with E-state index in [0.29, 0.717) is 12.6 Å². The molecule has 0 saturated carbocycles. The molecule has 0 bridgehead atoms. The summed E-state index contributed by atoms with van der Waals surface area (Å²) in [7, 11) is 3.70. The first-order chi connectivity index (χ1) is 14.7. The van der Waals surface area contributed by atoms with E-state index < -0.39 is 0 Å². The molecule has 0 amide bonds. The van der Waals surface area contributed by atoms with Gasteiger partial charge in [0, 0.05) is 33.9 Å². The largest absolute Gasteiger partial charge is 0.385 e. The molecule has 2 aromatic rings. The first kappa shape index (κ1) is 25.5. The van der Waals surface area contributed by atoms with Crippen LogP contribution in [-0.4, -0.2) is 65.5 Å². The number of guanidine groups is 1. The van der Waals surface area contributed by atoms with Gasteiger partial charge in [0.05, 0.1) is 6.04 Å². The van der Waals surface area contributed by atoms with Crippen molar-refractivity contribution in [2.24, 2.45) is 12.0 Å². The summed E-state index contributed by atoms with van der Waals surface area (Å²) in [5, 5.41) is 15.4. The summed E-state index contributed by atoms with van der Waals surface area (Å²) < 4.78 is 7.14. The van der Waals surface area contributed by atoms with E-state index in [0.717, 1.165) is 56.8 Å². The van der Waals surface area contributed by atoms with Gasteiger partial charge in [0.15, 0.2) is 11.8 Å². The molecule has 1 aromatic heterocycles. The number of ether oxygens (including phenoxy) is 1. The quantitative estimate of drug-likeness (QED) is 0.209. The Labute approximate surface area is 202 Å². The average Bonchev–Trinajstić information content (AvgIpc) is 3.41. The number of hydrogen-bond donors (Lipinski definition) is 2. The van der Waals surface area contributed by atoms with Crippen molar-refractivity contribution in [3.05, 3.63) is 47.5 Å². The lowest BCUT2D eigenvalue weighted by Gasteiger charge is -2.29. The Bertz CT molecular complexity index is 790. The fourth-order valence-electron chi connectivity index (χ4n) is 3.72. The Morgan fingerprint density at radius 2 is 1.90 bits per heavy atom. The van der Waals surface area contributed by atoms with Crippen LogP contribution in [0, 0.1) is 6.92 Å². The topological polar surface area (TPSA) is 79.6 Å². The third kappa shape index (κ3) is 7.73. The lowest BCUT2D eigenvalue weighted by atomic mass is 10.1. The van der Waals surface area contributed by atoms with Crippen molar-refractivity contribution >= 4 is 29.9 Å². The van der Waals surface area contributed by atoms with Gasteiger partial charge in [0.25, 0.3) is 0 Å². The van der Waals surface area contributed by atoms with Gasteiger partial charge in [-0.25, -0.2) is 4.99 Å². The minimum atomic E-state index is 0. The highest BCUT2D eigenvalue weighted by Crippen LogP contribution is 2.24. The number of aryl methyl sites for hydroxylation is 1. The van der Waals surface area contributed by atoms with E-state index in [9.17, 15) is 0 Å². The Kier molecular flexibility index (Phi) is 11.2. The van der Waals surface area contributed by atoms with Crippen LogP contribution in [0.15, 0.2) is 35.3 Å². The van der Waals surface area contributed by atoms with E-state index in [1.54, 1.807) is 7.11 Å². The number of rotatable bonds is 10. The van der Waals surface area contributed by atoms with Crippen molar-refractivity contribution in [3.63, 3.8) is 0 Å². The molecule has 2 heterocycles. The summed E-state index contributed by atoms with van der Waals surface area (Å²) in [5.41, 5.74) is 1.34. The first-order valence-corrected chi connectivity index (χ1v) is 10.8. The smallest absolute Gasteiger partial charge is 0.191 e. The number of aliphatic imine (C=N–C) groups is 1. The first-order valence-electron chi connectivity index (χ1n) is 10.8. The second-order valence-electron chi connectivity index (χ2n) is 7.71. The zero-order valence-electron chi connectivity index (χ0n) is 18.9. The number of benzene rings is 1. The van der Waals surface area contributed by atoms with Crippen molar-refractivity contribution in [1.29, 1.82) is 0 Å². The maximum Gasteiger partial charge on any atom is 0.191 e. The number of methoxy groups -OCH3 is 1. The molecule has 0 radical (unpaired) electrons. The molecule has 1 aromatic carbocycles. The van der Waals surface area contributed by atoms with Crippen LogP contribution in [0.5, 0.6) is 0 Å². The van der Waals surface area contributed by atoms with Gasteiger partial charge in [-0.1, -0.05) is 30.3 Å². The summed E-state index contributed by atoms with van der Waals surface area (Å²) in [4.78, 5) is 7.34. The lowest BCUT2D eigenvalue weighted by molar-refractivity contribution is 0.195. The highest BCUT2D eigenvalue weighted by atomic mass is 127. The SMILES string of the molecule is COCCCNC(=NCc1nnc(C)n1C)NCC(c1ccccc1)N1CCCC1.I. The third-order valence-corrected chi connectivity index (χ3v) is 5.61.